The topological polar surface area (TPSA) is 42.7 Å². The van der Waals surface area contributed by atoms with Crippen molar-refractivity contribution in [1.82, 2.24) is 14.8 Å². The summed E-state index contributed by atoms with van der Waals surface area (Å²) >= 11 is 5.25. The van der Waals surface area contributed by atoms with Gasteiger partial charge < -0.3 is 5.32 Å². The Balaban J connectivity index is 1.84. The van der Waals surface area contributed by atoms with Crippen LogP contribution in [0.4, 0.5) is 5.69 Å². The Morgan fingerprint density at radius 1 is 1.26 bits per heavy atom. The van der Waals surface area contributed by atoms with E-state index >= 15 is 0 Å². The fourth-order valence-corrected chi connectivity index (χ4v) is 3.17. The SMILES string of the molecule is Brc1ccsc1CNc1cccnc1-n1cccn1. The van der Waals surface area contributed by atoms with E-state index in [2.05, 4.69) is 42.8 Å². The number of anilines is 1. The maximum Gasteiger partial charge on any atom is 0.176 e. The summed E-state index contributed by atoms with van der Waals surface area (Å²) in [5, 5.41) is 9.69. The van der Waals surface area contributed by atoms with E-state index in [0.717, 1.165) is 22.5 Å². The second-order valence-electron chi connectivity index (χ2n) is 3.87. The second kappa shape index (κ2) is 5.54. The summed E-state index contributed by atoms with van der Waals surface area (Å²) in [5.74, 6) is 0.806. The molecule has 0 amide bonds. The molecular weight excluding hydrogens is 324 g/mol. The molecule has 3 aromatic rings. The average Bonchev–Trinajstić information content (AvgIpc) is 3.08. The van der Waals surface area contributed by atoms with Gasteiger partial charge in [0, 0.05) is 27.9 Å². The molecule has 0 aromatic carbocycles. The Labute approximate surface area is 123 Å². The van der Waals surface area contributed by atoms with Gasteiger partial charge in [0.25, 0.3) is 0 Å². The van der Waals surface area contributed by atoms with Gasteiger partial charge in [0.1, 0.15) is 0 Å². The number of aromatic nitrogens is 3. The fraction of sp³-hybridized carbons (Fsp3) is 0.0769. The van der Waals surface area contributed by atoms with Gasteiger partial charge in [0.2, 0.25) is 0 Å². The van der Waals surface area contributed by atoms with Crippen LogP contribution in [-0.4, -0.2) is 14.8 Å². The van der Waals surface area contributed by atoms with Gasteiger partial charge in [-0.3, -0.25) is 0 Å². The first-order chi connectivity index (χ1) is 9.34. The molecule has 0 unspecified atom stereocenters. The van der Waals surface area contributed by atoms with Gasteiger partial charge in [-0.2, -0.15) is 5.10 Å². The summed E-state index contributed by atoms with van der Waals surface area (Å²) in [6.07, 6.45) is 5.39. The Hall–Kier alpha value is -1.66. The first-order valence-electron chi connectivity index (χ1n) is 5.75. The number of hydrogen-bond acceptors (Lipinski definition) is 4. The van der Waals surface area contributed by atoms with E-state index in [0.29, 0.717) is 0 Å². The van der Waals surface area contributed by atoms with E-state index in [4.69, 9.17) is 0 Å². The lowest BCUT2D eigenvalue weighted by molar-refractivity contribution is 0.846. The zero-order valence-electron chi connectivity index (χ0n) is 9.95. The molecular formula is C13H11BrN4S. The average molecular weight is 335 g/mol. The van der Waals surface area contributed by atoms with Crippen LogP contribution in [0, 0.1) is 0 Å². The normalized spacial score (nSPS) is 10.6. The summed E-state index contributed by atoms with van der Waals surface area (Å²) in [4.78, 5) is 5.63. The predicted octanol–water partition coefficient (Wildman–Crippen LogP) is 3.70. The van der Waals surface area contributed by atoms with Crippen LogP contribution in [0.25, 0.3) is 5.82 Å². The molecule has 0 radical (unpaired) electrons. The van der Waals surface area contributed by atoms with Gasteiger partial charge in [0.15, 0.2) is 5.82 Å². The van der Waals surface area contributed by atoms with E-state index < -0.39 is 0 Å². The van der Waals surface area contributed by atoms with Crippen molar-refractivity contribution in [3.05, 3.63) is 57.6 Å². The molecule has 0 bridgehead atoms. The first-order valence-corrected chi connectivity index (χ1v) is 7.42. The van der Waals surface area contributed by atoms with E-state index in [1.54, 1.807) is 28.4 Å². The van der Waals surface area contributed by atoms with Gasteiger partial charge in [-0.1, -0.05) is 0 Å². The van der Waals surface area contributed by atoms with Crippen LogP contribution in [-0.2, 0) is 6.54 Å². The highest BCUT2D eigenvalue weighted by Gasteiger charge is 2.07. The molecule has 3 heterocycles. The molecule has 0 aliphatic carbocycles. The lowest BCUT2D eigenvalue weighted by Crippen LogP contribution is -2.06. The number of nitrogens with zero attached hydrogens (tertiary/aromatic N) is 3. The Kier molecular flexibility index (Phi) is 3.61. The van der Waals surface area contributed by atoms with Crippen LogP contribution >= 0.6 is 27.3 Å². The monoisotopic (exact) mass is 334 g/mol. The van der Waals surface area contributed by atoms with E-state index in [9.17, 15) is 0 Å². The summed E-state index contributed by atoms with van der Waals surface area (Å²) in [5.41, 5.74) is 0.964. The maximum atomic E-state index is 4.37. The smallest absolute Gasteiger partial charge is 0.176 e. The Bertz CT molecular complexity index is 663. The lowest BCUT2D eigenvalue weighted by Gasteiger charge is -2.10. The number of halogens is 1. The van der Waals surface area contributed by atoms with Crippen LogP contribution in [0.3, 0.4) is 0 Å². The van der Waals surface area contributed by atoms with Crippen molar-refractivity contribution in [3.63, 3.8) is 0 Å². The summed E-state index contributed by atoms with van der Waals surface area (Å²) in [7, 11) is 0. The van der Waals surface area contributed by atoms with Crippen molar-refractivity contribution in [1.29, 1.82) is 0 Å². The first kappa shape index (κ1) is 12.4. The van der Waals surface area contributed by atoms with Gasteiger partial charge in [-0.05, 0) is 45.6 Å². The summed E-state index contributed by atoms with van der Waals surface area (Å²) < 4.78 is 2.89. The number of rotatable bonds is 4. The quantitative estimate of drug-likeness (QED) is 0.790. The Morgan fingerprint density at radius 3 is 2.95 bits per heavy atom. The molecule has 0 fully saturated rings. The van der Waals surface area contributed by atoms with Crippen LogP contribution in [0.2, 0.25) is 0 Å². The third-order valence-corrected chi connectivity index (χ3v) is 4.56. The number of thiophene rings is 1. The molecule has 0 saturated carbocycles. The van der Waals surface area contributed by atoms with Crippen molar-refractivity contribution in [2.45, 2.75) is 6.54 Å². The molecule has 1 N–H and O–H groups in total. The molecule has 3 rings (SSSR count). The van der Waals surface area contributed by atoms with Gasteiger partial charge in [-0.25, -0.2) is 9.67 Å². The van der Waals surface area contributed by atoms with Crippen LogP contribution in [0.5, 0.6) is 0 Å². The minimum Gasteiger partial charge on any atom is -0.377 e. The zero-order valence-corrected chi connectivity index (χ0v) is 12.4. The van der Waals surface area contributed by atoms with E-state index in [1.165, 1.54) is 4.88 Å². The van der Waals surface area contributed by atoms with Crippen LogP contribution < -0.4 is 5.32 Å². The van der Waals surface area contributed by atoms with Crippen LogP contribution in [0.15, 0.2) is 52.7 Å². The van der Waals surface area contributed by atoms with E-state index in [-0.39, 0.29) is 0 Å². The molecule has 0 aliphatic rings. The van der Waals surface area contributed by atoms with Crippen molar-refractivity contribution in [3.8, 4) is 5.82 Å². The minimum absolute atomic E-state index is 0.762. The maximum absolute atomic E-state index is 4.37. The highest BCUT2D eigenvalue weighted by atomic mass is 79.9. The molecule has 0 aliphatic heterocycles. The number of nitrogens with one attached hydrogen (secondary N) is 1. The molecule has 96 valence electrons. The largest absolute Gasteiger partial charge is 0.377 e. The molecule has 6 heteroatoms. The molecule has 3 aromatic heterocycles. The third-order valence-electron chi connectivity index (χ3n) is 2.64. The van der Waals surface area contributed by atoms with Crippen LogP contribution in [0.1, 0.15) is 4.88 Å². The molecule has 0 atom stereocenters. The predicted molar refractivity (Wildman–Crippen MR) is 80.7 cm³/mol. The van der Waals surface area contributed by atoms with Gasteiger partial charge in [-0.15, -0.1) is 11.3 Å². The lowest BCUT2D eigenvalue weighted by atomic mass is 10.3. The second-order valence-corrected chi connectivity index (χ2v) is 5.73. The molecule has 4 nitrogen and oxygen atoms in total. The summed E-state index contributed by atoms with van der Waals surface area (Å²) in [6.45, 7) is 0.762. The van der Waals surface area contributed by atoms with Crippen molar-refractivity contribution in [2.24, 2.45) is 0 Å². The molecule has 19 heavy (non-hydrogen) atoms. The highest BCUT2D eigenvalue weighted by molar-refractivity contribution is 9.10. The number of hydrogen-bond donors (Lipinski definition) is 1. The van der Waals surface area contributed by atoms with Gasteiger partial charge in [0.05, 0.1) is 12.2 Å². The van der Waals surface area contributed by atoms with Crippen molar-refractivity contribution < 1.29 is 0 Å². The van der Waals surface area contributed by atoms with Crippen molar-refractivity contribution in [2.75, 3.05) is 5.32 Å². The number of pyridine rings is 1. The fourth-order valence-electron chi connectivity index (χ4n) is 1.74. The van der Waals surface area contributed by atoms with Crippen molar-refractivity contribution >= 4 is 33.0 Å². The summed E-state index contributed by atoms with van der Waals surface area (Å²) in [6, 6.07) is 7.86. The highest BCUT2D eigenvalue weighted by Crippen LogP contribution is 2.24. The minimum atomic E-state index is 0.762. The standard InChI is InChI=1S/C13H11BrN4S/c14-10-4-8-19-12(10)9-16-11-3-1-5-15-13(11)18-7-2-6-17-18/h1-8,16H,9H2. The zero-order chi connectivity index (χ0) is 13.1. The Morgan fingerprint density at radius 2 is 2.21 bits per heavy atom. The molecule has 0 spiro atoms. The third kappa shape index (κ3) is 2.69. The molecule has 0 saturated heterocycles. The van der Waals surface area contributed by atoms with E-state index in [1.807, 2.05) is 24.4 Å². The van der Waals surface area contributed by atoms with Gasteiger partial charge >= 0.3 is 0 Å².